The van der Waals surface area contributed by atoms with Crippen LogP contribution in [0.15, 0.2) is 0 Å². The molecule has 2 aliphatic heterocycles. The Morgan fingerprint density at radius 3 is 2.15 bits per heavy atom. The lowest BCUT2D eigenvalue weighted by Crippen LogP contribution is -2.43. The van der Waals surface area contributed by atoms with Crippen LogP contribution >= 0.6 is 11.8 Å². The Morgan fingerprint density at radius 2 is 1.70 bits per heavy atom. The summed E-state index contributed by atoms with van der Waals surface area (Å²) in [7, 11) is 0. The van der Waals surface area contributed by atoms with Crippen molar-refractivity contribution in [2.45, 2.75) is 65.6 Å². The zero-order chi connectivity index (χ0) is 14.8. The highest BCUT2D eigenvalue weighted by atomic mass is 32.2. The first-order valence-electron chi connectivity index (χ1n) is 8.71. The Kier molecular flexibility index (Phi) is 5.88. The number of nitrogens with zero attached hydrogens (tertiary/aromatic N) is 1. The average Bonchev–Trinajstić information content (AvgIpc) is 2.24. The van der Waals surface area contributed by atoms with Crippen molar-refractivity contribution in [2.24, 2.45) is 23.2 Å². The molecule has 2 heterocycles. The predicted molar refractivity (Wildman–Crippen MR) is 92.4 cm³/mol. The minimum atomic E-state index is 0.483. The molecule has 2 aliphatic rings. The standard InChI is InChI=1S/C18H35NS/c1-14(2)12-18(4,5)13-19-9-6-16(7-10-19)15(3)17-8-11-20-17/h14-17H,6-13H2,1-5H3. The fourth-order valence-corrected chi connectivity index (χ4v) is 5.42. The van der Waals surface area contributed by atoms with Gasteiger partial charge in [-0.15, -0.1) is 0 Å². The molecule has 0 N–H and O–H groups in total. The van der Waals surface area contributed by atoms with Crippen LogP contribution in [0, 0.1) is 23.2 Å². The summed E-state index contributed by atoms with van der Waals surface area (Å²) in [4.78, 5) is 2.74. The number of thioether (sulfide) groups is 1. The molecule has 0 radical (unpaired) electrons. The van der Waals surface area contributed by atoms with E-state index >= 15 is 0 Å². The zero-order valence-electron chi connectivity index (χ0n) is 14.3. The van der Waals surface area contributed by atoms with Gasteiger partial charge in [0.1, 0.15) is 0 Å². The van der Waals surface area contributed by atoms with Crippen LogP contribution in [-0.4, -0.2) is 35.5 Å². The first-order valence-corrected chi connectivity index (χ1v) is 9.76. The van der Waals surface area contributed by atoms with E-state index in [-0.39, 0.29) is 0 Å². The van der Waals surface area contributed by atoms with Crippen molar-refractivity contribution in [3.8, 4) is 0 Å². The molecule has 20 heavy (non-hydrogen) atoms. The van der Waals surface area contributed by atoms with Gasteiger partial charge in [-0.2, -0.15) is 11.8 Å². The van der Waals surface area contributed by atoms with Crippen LogP contribution in [0.3, 0.4) is 0 Å². The van der Waals surface area contributed by atoms with Crippen LogP contribution < -0.4 is 0 Å². The molecule has 0 aliphatic carbocycles. The van der Waals surface area contributed by atoms with Gasteiger partial charge in [-0.05, 0) is 67.7 Å². The summed E-state index contributed by atoms with van der Waals surface area (Å²) < 4.78 is 0. The molecule has 1 nitrogen and oxygen atoms in total. The van der Waals surface area contributed by atoms with Gasteiger partial charge < -0.3 is 4.90 Å². The second-order valence-corrected chi connectivity index (χ2v) is 9.78. The van der Waals surface area contributed by atoms with E-state index in [1.165, 1.54) is 51.1 Å². The molecule has 0 saturated carbocycles. The van der Waals surface area contributed by atoms with Gasteiger partial charge in [0.05, 0.1) is 0 Å². The fraction of sp³-hybridized carbons (Fsp3) is 1.00. The van der Waals surface area contributed by atoms with Gasteiger partial charge >= 0.3 is 0 Å². The lowest BCUT2D eigenvalue weighted by molar-refractivity contribution is 0.0987. The van der Waals surface area contributed by atoms with Crippen molar-refractivity contribution in [1.82, 2.24) is 4.90 Å². The van der Waals surface area contributed by atoms with Gasteiger partial charge in [-0.3, -0.25) is 0 Å². The molecule has 2 heteroatoms. The number of likely N-dealkylation sites (tertiary alicyclic amines) is 1. The summed E-state index contributed by atoms with van der Waals surface area (Å²) in [5.74, 6) is 4.19. The van der Waals surface area contributed by atoms with Gasteiger partial charge in [0.15, 0.2) is 0 Å². The van der Waals surface area contributed by atoms with E-state index < -0.39 is 0 Å². The van der Waals surface area contributed by atoms with Crippen LogP contribution in [0.25, 0.3) is 0 Å². The van der Waals surface area contributed by atoms with Gasteiger partial charge in [0, 0.05) is 11.8 Å². The Labute approximate surface area is 131 Å². The molecule has 2 rings (SSSR count). The predicted octanol–water partition coefficient (Wildman–Crippen LogP) is 4.91. The molecule has 2 atom stereocenters. The van der Waals surface area contributed by atoms with Gasteiger partial charge in [-0.25, -0.2) is 0 Å². The second kappa shape index (κ2) is 7.05. The molecule has 2 fully saturated rings. The quantitative estimate of drug-likeness (QED) is 0.685. The molecule has 2 saturated heterocycles. The van der Waals surface area contributed by atoms with E-state index in [0.29, 0.717) is 5.41 Å². The molecule has 0 aromatic carbocycles. The Hall–Kier alpha value is 0.310. The third kappa shape index (κ3) is 4.66. The van der Waals surface area contributed by atoms with Crippen LogP contribution in [0.1, 0.15) is 60.3 Å². The molecule has 0 aromatic heterocycles. The van der Waals surface area contributed by atoms with Gasteiger partial charge in [0.2, 0.25) is 0 Å². The summed E-state index contributed by atoms with van der Waals surface area (Å²) >= 11 is 2.21. The lowest BCUT2D eigenvalue weighted by atomic mass is 9.80. The van der Waals surface area contributed by atoms with E-state index in [9.17, 15) is 0 Å². The molecule has 118 valence electrons. The monoisotopic (exact) mass is 297 g/mol. The third-order valence-corrected chi connectivity index (χ3v) is 6.87. The maximum Gasteiger partial charge on any atom is 0.00831 e. The van der Waals surface area contributed by atoms with E-state index in [1.54, 1.807) is 0 Å². The van der Waals surface area contributed by atoms with Crippen LogP contribution in [0.4, 0.5) is 0 Å². The Bertz CT molecular complexity index is 288. The van der Waals surface area contributed by atoms with Gasteiger partial charge in [-0.1, -0.05) is 34.6 Å². The largest absolute Gasteiger partial charge is 0.303 e. The van der Waals surface area contributed by atoms with E-state index in [1.807, 2.05) is 0 Å². The smallest absolute Gasteiger partial charge is 0.00831 e. The van der Waals surface area contributed by atoms with Gasteiger partial charge in [0.25, 0.3) is 0 Å². The van der Waals surface area contributed by atoms with Crippen LogP contribution in [-0.2, 0) is 0 Å². The average molecular weight is 298 g/mol. The fourth-order valence-electron chi connectivity index (χ4n) is 4.38. The zero-order valence-corrected chi connectivity index (χ0v) is 15.1. The third-order valence-electron chi connectivity index (χ3n) is 5.31. The van der Waals surface area contributed by atoms with E-state index in [2.05, 4.69) is 51.3 Å². The summed E-state index contributed by atoms with van der Waals surface area (Å²) in [6.07, 6.45) is 5.71. The summed E-state index contributed by atoms with van der Waals surface area (Å²) in [6.45, 7) is 16.1. The molecule has 0 bridgehead atoms. The van der Waals surface area contributed by atoms with Crippen LogP contribution in [0.2, 0.25) is 0 Å². The molecular weight excluding hydrogens is 262 g/mol. The molecule has 0 spiro atoms. The number of rotatable bonds is 6. The first-order chi connectivity index (χ1) is 9.37. The van der Waals surface area contributed by atoms with Crippen molar-refractivity contribution in [1.29, 1.82) is 0 Å². The molecular formula is C18H35NS. The highest BCUT2D eigenvalue weighted by Gasteiger charge is 2.33. The highest BCUT2D eigenvalue weighted by Crippen LogP contribution is 2.40. The maximum absolute atomic E-state index is 2.74. The number of piperidine rings is 1. The summed E-state index contributed by atoms with van der Waals surface area (Å²) in [5.41, 5.74) is 0.483. The Balaban J connectivity index is 1.73. The summed E-state index contributed by atoms with van der Waals surface area (Å²) in [5, 5.41) is 0.990. The first kappa shape index (κ1) is 16.7. The van der Waals surface area contributed by atoms with Crippen LogP contribution in [0.5, 0.6) is 0 Å². The minimum absolute atomic E-state index is 0.483. The van der Waals surface area contributed by atoms with Crippen molar-refractivity contribution < 1.29 is 0 Å². The highest BCUT2D eigenvalue weighted by molar-refractivity contribution is 8.01. The van der Waals surface area contributed by atoms with E-state index in [4.69, 9.17) is 0 Å². The van der Waals surface area contributed by atoms with E-state index in [0.717, 1.165) is 23.0 Å². The van der Waals surface area contributed by atoms with Crippen molar-refractivity contribution >= 4 is 11.8 Å². The minimum Gasteiger partial charge on any atom is -0.303 e. The number of hydrogen-bond acceptors (Lipinski definition) is 2. The topological polar surface area (TPSA) is 3.24 Å². The van der Waals surface area contributed by atoms with Crippen molar-refractivity contribution in [3.05, 3.63) is 0 Å². The lowest BCUT2D eigenvalue weighted by Gasteiger charge is -2.42. The second-order valence-electron chi connectivity index (χ2n) is 8.43. The normalized spacial score (nSPS) is 27.6. The SMILES string of the molecule is CC(C)CC(C)(C)CN1CCC(C(C)C2CCS2)CC1. The molecule has 2 unspecified atom stereocenters. The molecule has 0 amide bonds. The number of hydrogen-bond donors (Lipinski definition) is 0. The maximum atomic E-state index is 2.74. The Morgan fingerprint density at radius 1 is 1.10 bits per heavy atom. The molecule has 0 aromatic rings. The van der Waals surface area contributed by atoms with Crippen molar-refractivity contribution in [2.75, 3.05) is 25.4 Å². The van der Waals surface area contributed by atoms with Crippen molar-refractivity contribution in [3.63, 3.8) is 0 Å². The summed E-state index contributed by atoms with van der Waals surface area (Å²) in [6, 6.07) is 0.